The molecule has 2 N–H and O–H groups in total. The van der Waals surface area contributed by atoms with Gasteiger partial charge in [0, 0.05) is 25.3 Å². The third kappa shape index (κ3) is 5.25. The van der Waals surface area contributed by atoms with E-state index in [2.05, 4.69) is 10.6 Å². The molecule has 0 bridgehead atoms. The molecule has 0 spiro atoms. The van der Waals surface area contributed by atoms with Gasteiger partial charge >= 0.3 is 6.03 Å². The number of benzene rings is 2. The number of hydrogen-bond acceptors (Lipinski definition) is 3. The molecule has 1 heterocycles. The first-order valence-corrected chi connectivity index (χ1v) is 9.62. The van der Waals surface area contributed by atoms with E-state index in [-0.39, 0.29) is 17.8 Å². The molecule has 29 heavy (non-hydrogen) atoms. The highest BCUT2D eigenvalue weighted by Gasteiger charge is 2.39. The molecular weight excluding hydrogens is 373 g/mol. The van der Waals surface area contributed by atoms with Gasteiger partial charge in [0.25, 0.3) is 0 Å². The SMILES string of the molecule is COc1ccc(NC(=O)N2CCC[C@@](C)(C(=O)NCc3ccc(F)cc3)C2)cc1. The van der Waals surface area contributed by atoms with E-state index in [0.717, 1.165) is 12.0 Å². The summed E-state index contributed by atoms with van der Waals surface area (Å²) in [7, 11) is 1.59. The molecule has 0 aliphatic carbocycles. The van der Waals surface area contributed by atoms with E-state index in [0.29, 0.717) is 37.5 Å². The summed E-state index contributed by atoms with van der Waals surface area (Å²) in [5.41, 5.74) is 0.826. The second kappa shape index (κ2) is 8.94. The first kappa shape index (κ1) is 20.6. The molecule has 3 rings (SSSR count). The Bertz CT molecular complexity index is 855. The molecule has 3 amide bonds. The Balaban J connectivity index is 1.57. The van der Waals surface area contributed by atoms with Gasteiger partial charge in [-0.25, -0.2) is 9.18 Å². The number of amides is 3. The molecule has 1 aliphatic heterocycles. The third-order valence-electron chi connectivity index (χ3n) is 5.24. The van der Waals surface area contributed by atoms with Gasteiger partial charge in [-0.2, -0.15) is 0 Å². The molecular formula is C22H26FN3O3. The predicted molar refractivity (Wildman–Crippen MR) is 109 cm³/mol. The van der Waals surface area contributed by atoms with Crippen LogP contribution in [0.3, 0.4) is 0 Å². The maximum Gasteiger partial charge on any atom is 0.321 e. The second-order valence-electron chi connectivity index (χ2n) is 7.55. The van der Waals surface area contributed by atoms with Crippen LogP contribution in [-0.4, -0.2) is 37.0 Å². The first-order chi connectivity index (χ1) is 13.9. The lowest BCUT2D eigenvalue weighted by Crippen LogP contribution is -2.52. The lowest BCUT2D eigenvalue weighted by molar-refractivity contribution is -0.132. The van der Waals surface area contributed by atoms with E-state index >= 15 is 0 Å². The van der Waals surface area contributed by atoms with Crippen LogP contribution in [0.5, 0.6) is 5.75 Å². The fourth-order valence-electron chi connectivity index (χ4n) is 3.47. The molecule has 154 valence electrons. The number of nitrogens with one attached hydrogen (secondary N) is 2. The average molecular weight is 399 g/mol. The van der Waals surface area contributed by atoms with Crippen molar-refractivity contribution in [2.24, 2.45) is 5.41 Å². The fraction of sp³-hybridized carbons (Fsp3) is 0.364. The number of carbonyl (C=O) groups excluding carboxylic acids is 2. The average Bonchev–Trinajstić information content (AvgIpc) is 2.73. The zero-order chi connectivity index (χ0) is 20.9. The van der Waals surface area contributed by atoms with Crippen molar-refractivity contribution in [1.29, 1.82) is 0 Å². The van der Waals surface area contributed by atoms with Crippen LogP contribution in [0.4, 0.5) is 14.9 Å². The normalized spacial score (nSPS) is 18.8. The van der Waals surface area contributed by atoms with Crippen LogP contribution >= 0.6 is 0 Å². The van der Waals surface area contributed by atoms with Gasteiger partial charge in [0.05, 0.1) is 12.5 Å². The smallest absolute Gasteiger partial charge is 0.321 e. The van der Waals surface area contributed by atoms with Crippen molar-refractivity contribution in [3.63, 3.8) is 0 Å². The van der Waals surface area contributed by atoms with Gasteiger partial charge in [0.2, 0.25) is 5.91 Å². The molecule has 0 radical (unpaired) electrons. The van der Waals surface area contributed by atoms with Crippen molar-refractivity contribution in [2.75, 3.05) is 25.5 Å². The van der Waals surface area contributed by atoms with Gasteiger partial charge in [-0.1, -0.05) is 12.1 Å². The third-order valence-corrected chi connectivity index (χ3v) is 5.24. The molecule has 0 aromatic heterocycles. The topological polar surface area (TPSA) is 70.7 Å². The second-order valence-corrected chi connectivity index (χ2v) is 7.55. The summed E-state index contributed by atoms with van der Waals surface area (Å²) in [5.74, 6) is 0.299. The lowest BCUT2D eigenvalue weighted by atomic mass is 9.81. The van der Waals surface area contributed by atoms with Crippen LogP contribution in [0.15, 0.2) is 48.5 Å². The summed E-state index contributed by atoms with van der Waals surface area (Å²) < 4.78 is 18.1. The monoisotopic (exact) mass is 399 g/mol. The van der Waals surface area contributed by atoms with Gasteiger partial charge in [0.1, 0.15) is 11.6 Å². The fourth-order valence-corrected chi connectivity index (χ4v) is 3.47. The van der Waals surface area contributed by atoms with Crippen LogP contribution in [0.1, 0.15) is 25.3 Å². The molecule has 2 aromatic rings. The highest BCUT2D eigenvalue weighted by molar-refractivity contribution is 5.90. The van der Waals surface area contributed by atoms with Crippen LogP contribution < -0.4 is 15.4 Å². The first-order valence-electron chi connectivity index (χ1n) is 9.62. The van der Waals surface area contributed by atoms with Crippen molar-refractivity contribution >= 4 is 17.6 Å². The molecule has 0 saturated carbocycles. The maximum absolute atomic E-state index is 13.0. The Labute approximate surface area is 170 Å². The Kier molecular flexibility index (Phi) is 6.36. The van der Waals surface area contributed by atoms with E-state index in [1.54, 1.807) is 48.4 Å². The van der Waals surface area contributed by atoms with E-state index in [9.17, 15) is 14.0 Å². The highest BCUT2D eigenvalue weighted by Crippen LogP contribution is 2.30. The molecule has 6 nitrogen and oxygen atoms in total. The van der Waals surface area contributed by atoms with Gasteiger partial charge in [-0.05, 0) is 61.7 Å². The van der Waals surface area contributed by atoms with Crippen molar-refractivity contribution in [1.82, 2.24) is 10.2 Å². The molecule has 7 heteroatoms. The van der Waals surface area contributed by atoms with Crippen LogP contribution in [-0.2, 0) is 11.3 Å². The zero-order valence-electron chi connectivity index (χ0n) is 16.7. The van der Waals surface area contributed by atoms with Crippen LogP contribution in [0.25, 0.3) is 0 Å². The van der Waals surface area contributed by atoms with Crippen molar-refractivity contribution < 1.29 is 18.7 Å². The van der Waals surface area contributed by atoms with Crippen LogP contribution in [0.2, 0.25) is 0 Å². The van der Waals surface area contributed by atoms with E-state index in [1.807, 2.05) is 6.92 Å². The minimum atomic E-state index is -0.671. The Hall–Kier alpha value is -3.09. The summed E-state index contributed by atoms with van der Waals surface area (Å²) in [4.78, 5) is 27.1. The largest absolute Gasteiger partial charge is 0.497 e. The Morgan fingerprint density at radius 2 is 1.83 bits per heavy atom. The van der Waals surface area contributed by atoms with Gasteiger partial charge < -0.3 is 20.3 Å². The number of rotatable bonds is 5. The number of anilines is 1. The van der Waals surface area contributed by atoms with Crippen molar-refractivity contribution in [3.05, 3.63) is 59.9 Å². The van der Waals surface area contributed by atoms with E-state index in [1.165, 1.54) is 12.1 Å². The quantitative estimate of drug-likeness (QED) is 0.804. The number of urea groups is 1. The number of hydrogen-bond donors (Lipinski definition) is 2. The summed E-state index contributed by atoms with van der Waals surface area (Å²) in [6, 6.07) is 12.9. The summed E-state index contributed by atoms with van der Waals surface area (Å²) >= 11 is 0. The minimum Gasteiger partial charge on any atom is -0.497 e. The summed E-state index contributed by atoms with van der Waals surface area (Å²) in [6.45, 7) is 3.14. The molecule has 1 saturated heterocycles. The standard InChI is InChI=1S/C22H26FN3O3/c1-22(20(27)24-14-16-4-6-17(23)7-5-16)12-3-13-26(15-22)21(28)25-18-8-10-19(29-2)11-9-18/h4-11H,3,12-15H2,1-2H3,(H,24,27)(H,25,28)/t22-/m1/s1. The maximum atomic E-state index is 13.0. The van der Waals surface area contributed by atoms with E-state index < -0.39 is 5.41 Å². The minimum absolute atomic E-state index is 0.108. The van der Waals surface area contributed by atoms with Crippen molar-refractivity contribution in [3.8, 4) is 5.75 Å². The number of nitrogens with zero attached hydrogens (tertiary/aromatic N) is 1. The summed E-state index contributed by atoms with van der Waals surface area (Å²) in [5, 5.41) is 5.78. The highest BCUT2D eigenvalue weighted by atomic mass is 19.1. The van der Waals surface area contributed by atoms with Gasteiger partial charge in [-0.15, -0.1) is 0 Å². The van der Waals surface area contributed by atoms with Crippen LogP contribution in [0, 0.1) is 11.2 Å². The van der Waals surface area contributed by atoms with E-state index in [4.69, 9.17) is 4.74 Å². The molecule has 1 atom stereocenters. The molecule has 1 aliphatic rings. The Morgan fingerprint density at radius 1 is 1.14 bits per heavy atom. The number of methoxy groups -OCH3 is 1. The van der Waals surface area contributed by atoms with Crippen molar-refractivity contribution in [2.45, 2.75) is 26.3 Å². The van der Waals surface area contributed by atoms with Gasteiger partial charge in [-0.3, -0.25) is 4.79 Å². The lowest BCUT2D eigenvalue weighted by Gasteiger charge is -2.39. The number of piperidine rings is 1. The molecule has 1 fully saturated rings. The summed E-state index contributed by atoms with van der Waals surface area (Å²) in [6.07, 6.45) is 1.45. The predicted octanol–water partition coefficient (Wildman–Crippen LogP) is 3.78. The number of likely N-dealkylation sites (tertiary alicyclic amines) is 1. The zero-order valence-corrected chi connectivity index (χ0v) is 16.7. The van der Waals surface area contributed by atoms with Gasteiger partial charge in [0.15, 0.2) is 0 Å². The number of ether oxygens (including phenoxy) is 1. The molecule has 0 unspecified atom stereocenters. The number of carbonyl (C=O) groups is 2. The number of halogens is 1. The Morgan fingerprint density at radius 3 is 2.48 bits per heavy atom. The molecule has 2 aromatic carbocycles.